The first-order valence-corrected chi connectivity index (χ1v) is 6.29. The van der Waals surface area contributed by atoms with Crippen LogP contribution in [0.2, 0.25) is 0 Å². The van der Waals surface area contributed by atoms with Gasteiger partial charge in [-0.05, 0) is 24.6 Å². The fraction of sp³-hybridized carbons (Fsp3) is 0.462. The first-order valence-electron chi connectivity index (χ1n) is 5.75. The second kappa shape index (κ2) is 7.95. The minimum atomic E-state index is -0.136. The van der Waals surface area contributed by atoms with E-state index in [0.717, 1.165) is 5.56 Å². The molecular formula is C13H18ClNO3. The van der Waals surface area contributed by atoms with E-state index in [2.05, 4.69) is 5.32 Å². The Kier molecular flexibility index (Phi) is 6.54. The highest BCUT2D eigenvalue weighted by atomic mass is 35.5. The molecule has 4 nitrogen and oxygen atoms in total. The molecule has 0 atom stereocenters. The average molecular weight is 272 g/mol. The van der Waals surface area contributed by atoms with Crippen molar-refractivity contribution in [3.8, 4) is 5.75 Å². The molecule has 0 unspecified atom stereocenters. The van der Waals surface area contributed by atoms with E-state index in [0.29, 0.717) is 37.0 Å². The predicted molar refractivity (Wildman–Crippen MR) is 71.6 cm³/mol. The van der Waals surface area contributed by atoms with Gasteiger partial charge < -0.3 is 14.8 Å². The SMILES string of the molecule is COc1cc(C(=O)NCCOCCCl)ccc1C. The summed E-state index contributed by atoms with van der Waals surface area (Å²) in [7, 11) is 1.59. The molecule has 0 heterocycles. The Morgan fingerprint density at radius 1 is 1.39 bits per heavy atom. The summed E-state index contributed by atoms with van der Waals surface area (Å²) >= 11 is 5.46. The van der Waals surface area contributed by atoms with Crippen molar-refractivity contribution in [1.82, 2.24) is 5.32 Å². The van der Waals surface area contributed by atoms with Gasteiger partial charge in [-0.15, -0.1) is 11.6 Å². The lowest BCUT2D eigenvalue weighted by molar-refractivity contribution is 0.0923. The third kappa shape index (κ3) is 4.55. The molecular weight excluding hydrogens is 254 g/mol. The Hall–Kier alpha value is -1.26. The first kappa shape index (κ1) is 14.8. The minimum absolute atomic E-state index is 0.136. The van der Waals surface area contributed by atoms with Crippen LogP contribution < -0.4 is 10.1 Å². The Morgan fingerprint density at radius 2 is 2.17 bits per heavy atom. The molecule has 1 amide bonds. The number of hydrogen-bond donors (Lipinski definition) is 1. The number of benzene rings is 1. The zero-order chi connectivity index (χ0) is 13.4. The summed E-state index contributed by atoms with van der Waals surface area (Å²) in [4.78, 5) is 11.8. The summed E-state index contributed by atoms with van der Waals surface area (Å²) in [5.41, 5.74) is 1.58. The van der Waals surface area contributed by atoms with Crippen molar-refractivity contribution < 1.29 is 14.3 Å². The van der Waals surface area contributed by atoms with E-state index in [1.807, 2.05) is 13.0 Å². The number of alkyl halides is 1. The third-order valence-electron chi connectivity index (χ3n) is 2.42. The zero-order valence-corrected chi connectivity index (χ0v) is 11.4. The molecule has 0 aliphatic rings. The molecule has 0 saturated carbocycles. The van der Waals surface area contributed by atoms with Gasteiger partial charge in [-0.25, -0.2) is 0 Å². The predicted octanol–water partition coefficient (Wildman–Crippen LogP) is 1.99. The normalized spacial score (nSPS) is 10.2. The number of amides is 1. The molecule has 0 saturated heterocycles. The lowest BCUT2D eigenvalue weighted by Crippen LogP contribution is -2.27. The molecule has 18 heavy (non-hydrogen) atoms. The van der Waals surface area contributed by atoms with Gasteiger partial charge in [0.1, 0.15) is 5.75 Å². The summed E-state index contributed by atoms with van der Waals surface area (Å²) in [6.45, 7) is 3.35. The lowest BCUT2D eigenvalue weighted by Gasteiger charge is -2.08. The van der Waals surface area contributed by atoms with Crippen LogP contribution in [-0.2, 0) is 4.74 Å². The van der Waals surface area contributed by atoms with Crippen LogP contribution in [0.1, 0.15) is 15.9 Å². The largest absolute Gasteiger partial charge is 0.496 e. The van der Waals surface area contributed by atoms with Gasteiger partial charge in [0.15, 0.2) is 0 Å². The van der Waals surface area contributed by atoms with Gasteiger partial charge in [-0.3, -0.25) is 4.79 Å². The number of carbonyl (C=O) groups excluding carboxylic acids is 1. The van der Waals surface area contributed by atoms with Crippen molar-refractivity contribution in [3.63, 3.8) is 0 Å². The maximum absolute atomic E-state index is 11.8. The topological polar surface area (TPSA) is 47.6 Å². The molecule has 1 N–H and O–H groups in total. The second-order valence-electron chi connectivity index (χ2n) is 3.74. The molecule has 0 spiro atoms. The second-order valence-corrected chi connectivity index (χ2v) is 4.12. The molecule has 0 aliphatic heterocycles. The summed E-state index contributed by atoms with van der Waals surface area (Å²) in [6.07, 6.45) is 0. The van der Waals surface area contributed by atoms with Crippen molar-refractivity contribution in [2.45, 2.75) is 6.92 Å². The van der Waals surface area contributed by atoms with Gasteiger partial charge in [0.05, 0.1) is 20.3 Å². The molecule has 0 radical (unpaired) electrons. The van der Waals surface area contributed by atoms with E-state index in [9.17, 15) is 4.79 Å². The van der Waals surface area contributed by atoms with Crippen LogP contribution in [0.3, 0.4) is 0 Å². The smallest absolute Gasteiger partial charge is 0.251 e. The number of methoxy groups -OCH3 is 1. The van der Waals surface area contributed by atoms with Crippen LogP contribution in [0.5, 0.6) is 5.75 Å². The van der Waals surface area contributed by atoms with Crippen LogP contribution in [0, 0.1) is 6.92 Å². The van der Waals surface area contributed by atoms with Gasteiger partial charge in [0.25, 0.3) is 5.91 Å². The molecule has 1 rings (SSSR count). The van der Waals surface area contributed by atoms with Crippen LogP contribution in [0.4, 0.5) is 0 Å². The van der Waals surface area contributed by atoms with Gasteiger partial charge in [0, 0.05) is 18.0 Å². The van der Waals surface area contributed by atoms with Gasteiger partial charge in [-0.1, -0.05) is 6.07 Å². The molecule has 0 bridgehead atoms. The van der Waals surface area contributed by atoms with Crippen molar-refractivity contribution in [2.24, 2.45) is 0 Å². The fourth-order valence-electron chi connectivity index (χ4n) is 1.46. The lowest BCUT2D eigenvalue weighted by atomic mass is 10.1. The summed E-state index contributed by atoms with van der Waals surface area (Å²) in [5.74, 6) is 1.03. The van der Waals surface area contributed by atoms with E-state index in [1.54, 1.807) is 19.2 Å². The number of ether oxygens (including phenoxy) is 2. The van der Waals surface area contributed by atoms with E-state index in [1.165, 1.54) is 0 Å². The van der Waals surface area contributed by atoms with E-state index in [-0.39, 0.29) is 5.91 Å². The van der Waals surface area contributed by atoms with Crippen molar-refractivity contribution >= 4 is 17.5 Å². The highest BCUT2D eigenvalue weighted by Crippen LogP contribution is 2.18. The van der Waals surface area contributed by atoms with E-state index >= 15 is 0 Å². The van der Waals surface area contributed by atoms with Crippen LogP contribution in [-0.4, -0.2) is 38.7 Å². The van der Waals surface area contributed by atoms with Crippen LogP contribution in [0.25, 0.3) is 0 Å². The van der Waals surface area contributed by atoms with E-state index < -0.39 is 0 Å². The van der Waals surface area contributed by atoms with Crippen molar-refractivity contribution in [3.05, 3.63) is 29.3 Å². The molecule has 5 heteroatoms. The monoisotopic (exact) mass is 271 g/mol. The molecule has 0 fully saturated rings. The highest BCUT2D eigenvalue weighted by molar-refractivity contribution is 6.17. The van der Waals surface area contributed by atoms with Gasteiger partial charge >= 0.3 is 0 Å². The Bertz CT molecular complexity index is 396. The minimum Gasteiger partial charge on any atom is -0.496 e. The number of halogens is 1. The Balaban J connectivity index is 2.46. The Labute approximate surface area is 112 Å². The highest BCUT2D eigenvalue weighted by Gasteiger charge is 2.07. The maximum atomic E-state index is 11.8. The Morgan fingerprint density at radius 3 is 2.83 bits per heavy atom. The first-order chi connectivity index (χ1) is 8.69. The summed E-state index contributed by atoms with van der Waals surface area (Å²) in [6, 6.07) is 5.36. The zero-order valence-electron chi connectivity index (χ0n) is 10.7. The van der Waals surface area contributed by atoms with Gasteiger partial charge in [-0.2, -0.15) is 0 Å². The average Bonchev–Trinajstić information content (AvgIpc) is 2.38. The third-order valence-corrected chi connectivity index (χ3v) is 2.58. The maximum Gasteiger partial charge on any atom is 0.251 e. The van der Waals surface area contributed by atoms with Gasteiger partial charge in [0.2, 0.25) is 0 Å². The summed E-state index contributed by atoms with van der Waals surface area (Å²) in [5, 5.41) is 2.77. The number of aryl methyl sites for hydroxylation is 1. The number of hydrogen-bond acceptors (Lipinski definition) is 3. The molecule has 0 aliphatic carbocycles. The molecule has 1 aromatic carbocycles. The van der Waals surface area contributed by atoms with Crippen molar-refractivity contribution in [1.29, 1.82) is 0 Å². The number of carbonyl (C=O) groups is 1. The quantitative estimate of drug-likeness (QED) is 0.609. The van der Waals surface area contributed by atoms with Crippen molar-refractivity contribution in [2.75, 3.05) is 32.7 Å². The number of rotatable bonds is 7. The molecule has 0 aromatic heterocycles. The standard InChI is InChI=1S/C13H18ClNO3/c1-10-3-4-11(9-12(10)17-2)13(16)15-6-8-18-7-5-14/h3-4,9H,5-8H2,1-2H3,(H,15,16). The fourth-order valence-corrected chi connectivity index (χ4v) is 1.57. The summed E-state index contributed by atoms with van der Waals surface area (Å²) < 4.78 is 10.3. The van der Waals surface area contributed by atoms with Crippen LogP contribution >= 0.6 is 11.6 Å². The number of nitrogens with one attached hydrogen (secondary N) is 1. The molecule has 1 aromatic rings. The van der Waals surface area contributed by atoms with E-state index in [4.69, 9.17) is 21.1 Å². The van der Waals surface area contributed by atoms with Crippen LogP contribution in [0.15, 0.2) is 18.2 Å². The molecule has 100 valence electrons.